The van der Waals surface area contributed by atoms with E-state index in [0.717, 1.165) is 0 Å². The maximum atomic E-state index is 12.2. The normalized spacial score (nSPS) is 18.9. The Morgan fingerprint density at radius 3 is 2.52 bits per heavy atom. The van der Waals surface area contributed by atoms with Crippen molar-refractivity contribution in [2.75, 3.05) is 32.7 Å². The van der Waals surface area contributed by atoms with Gasteiger partial charge in [0.15, 0.2) is 0 Å². The quantitative estimate of drug-likeness (QED) is 0.573. The fourth-order valence-corrected chi connectivity index (χ4v) is 2.29. The summed E-state index contributed by atoms with van der Waals surface area (Å²) in [4.78, 5) is 35.7. The third-order valence-electron chi connectivity index (χ3n) is 3.66. The predicted molar refractivity (Wildman–Crippen MR) is 82.9 cm³/mol. The fourth-order valence-electron chi connectivity index (χ4n) is 2.29. The fraction of sp³-hybridized carbons (Fsp3) is 0.438. The number of anilines is 1. The van der Waals surface area contributed by atoms with Crippen LogP contribution in [0.25, 0.3) is 0 Å². The molecule has 2 N–H and O–H groups in total. The van der Waals surface area contributed by atoms with Crippen molar-refractivity contribution in [2.24, 2.45) is 11.8 Å². The molecule has 1 aliphatic carbocycles. The number of hydrogen-bond acceptors (Lipinski definition) is 5. The molecular weight excluding hydrogens is 300 g/mol. The lowest BCUT2D eigenvalue weighted by Gasteiger charge is -2.09. The first-order valence-corrected chi connectivity index (χ1v) is 7.33. The molecule has 23 heavy (non-hydrogen) atoms. The van der Waals surface area contributed by atoms with Crippen LogP contribution in [0.4, 0.5) is 5.69 Å². The van der Waals surface area contributed by atoms with Crippen molar-refractivity contribution >= 4 is 23.5 Å². The molecule has 2 unspecified atom stereocenters. The summed E-state index contributed by atoms with van der Waals surface area (Å²) in [6.45, 7) is 0.854. The summed E-state index contributed by atoms with van der Waals surface area (Å²) >= 11 is 0. The number of benzene rings is 1. The van der Waals surface area contributed by atoms with E-state index >= 15 is 0 Å². The number of esters is 1. The van der Waals surface area contributed by atoms with Gasteiger partial charge in [-0.25, -0.2) is 4.79 Å². The lowest BCUT2D eigenvalue weighted by atomic mass is 10.1. The number of carbonyl (C=O) groups excluding carboxylic acids is 3. The standard InChI is InChI=1S/C16H20N2O5/c1-22-8-7-17-14(19)11-9-12(11)15(20)18-13-6-4-3-5-10(13)16(21)23-2/h3-6,11-12H,7-9H2,1-2H3,(H,17,19)(H,18,20). The largest absolute Gasteiger partial charge is 0.465 e. The molecule has 2 amide bonds. The molecular formula is C16H20N2O5. The number of amides is 2. The first-order valence-electron chi connectivity index (χ1n) is 7.33. The molecule has 124 valence electrons. The monoisotopic (exact) mass is 320 g/mol. The number of carbonyl (C=O) groups is 3. The Hall–Kier alpha value is -2.41. The molecule has 0 aliphatic heterocycles. The van der Waals surface area contributed by atoms with E-state index in [0.29, 0.717) is 25.3 Å². The Kier molecular flexibility index (Phi) is 5.70. The van der Waals surface area contributed by atoms with Gasteiger partial charge in [-0.15, -0.1) is 0 Å². The van der Waals surface area contributed by atoms with Gasteiger partial charge in [0.2, 0.25) is 11.8 Å². The molecule has 0 radical (unpaired) electrons. The first kappa shape index (κ1) is 17.0. The second kappa shape index (κ2) is 7.73. The Morgan fingerprint density at radius 2 is 1.83 bits per heavy atom. The number of ether oxygens (including phenoxy) is 2. The lowest BCUT2D eigenvalue weighted by molar-refractivity contribution is -0.125. The highest BCUT2D eigenvalue weighted by molar-refractivity contribution is 6.04. The van der Waals surface area contributed by atoms with Gasteiger partial charge < -0.3 is 20.1 Å². The minimum absolute atomic E-state index is 0.150. The maximum absolute atomic E-state index is 12.2. The van der Waals surface area contributed by atoms with Crippen molar-refractivity contribution in [3.63, 3.8) is 0 Å². The van der Waals surface area contributed by atoms with Crippen molar-refractivity contribution in [1.29, 1.82) is 0 Å². The van der Waals surface area contributed by atoms with Gasteiger partial charge in [0.05, 0.1) is 36.8 Å². The second-order valence-electron chi connectivity index (χ2n) is 5.26. The first-order chi connectivity index (χ1) is 11.1. The summed E-state index contributed by atoms with van der Waals surface area (Å²) in [7, 11) is 2.83. The van der Waals surface area contributed by atoms with Gasteiger partial charge in [-0.3, -0.25) is 9.59 Å². The lowest BCUT2D eigenvalue weighted by Crippen LogP contribution is -2.30. The molecule has 0 aromatic heterocycles. The van der Waals surface area contributed by atoms with Crippen molar-refractivity contribution in [3.8, 4) is 0 Å². The molecule has 7 nitrogen and oxygen atoms in total. The van der Waals surface area contributed by atoms with Gasteiger partial charge in [-0.2, -0.15) is 0 Å². The van der Waals surface area contributed by atoms with E-state index in [1.54, 1.807) is 31.4 Å². The Balaban J connectivity index is 1.92. The molecule has 1 fully saturated rings. The van der Waals surface area contributed by atoms with E-state index < -0.39 is 5.97 Å². The summed E-state index contributed by atoms with van der Waals surface area (Å²) in [5, 5.41) is 5.41. The average Bonchev–Trinajstić information content (AvgIpc) is 3.35. The zero-order valence-corrected chi connectivity index (χ0v) is 13.1. The van der Waals surface area contributed by atoms with E-state index in [-0.39, 0.29) is 29.2 Å². The van der Waals surface area contributed by atoms with Crippen molar-refractivity contribution in [2.45, 2.75) is 6.42 Å². The number of hydrogen-bond donors (Lipinski definition) is 2. The molecule has 0 heterocycles. The Labute approximate surface area is 134 Å². The third-order valence-corrected chi connectivity index (χ3v) is 3.66. The topological polar surface area (TPSA) is 93.7 Å². The summed E-state index contributed by atoms with van der Waals surface area (Å²) in [5.74, 6) is -1.64. The molecule has 2 atom stereocenters. The highest BCUT2D eigenvalue weighted by atomic mass is 16.5. The van der Waals surface area contributed by atoms with Crippen molar-refractivity contribution < 1.29 is 23.9 Å². The summed E-state index contributed by atoms with van der Waals surface area (Å²) in [6.07, 6.45) is 0.505. The number of methoxy groups -OCH3 is 2. The van der Waals surface area contributed by atoms with Crippen LogP contribution in [0.3, 0.4) is 0 Å². The van der Waals surface area contributed by atoms with Gasteiger partial charge >= 0.3 is 5.97 Å². The zero-order chi connectivity index (χ0) is 16.8. The number of para-hydroxylation sites is 1. The molecule has 1 aliphatic rings. The SMILES string of the molecule is COCCNC(=O)C1CC1C(=O)Nc1ccccc1C(=O)OC. The third kappa shape index (κ3) is 4.29. The van der Waals surface area contributed by atoms with Crippen LogP contribution < -0.4 is 10.6 Å². The van der Waals surface area contributed by atoms with E-state index in [1.807, 2.05) is 0 Å². The molecule has 2 rings (SSSR count). The van der Waals surface area contributed by atoms with Crippen LogP contribution in [-0.2, 0) is 19.1 Å². The summed E-state index contributed by atoms with van der Waals surface area (Å²) in [6, 6.07) is 6.60. The zero-order valence-electron chi connectivity index (χ0n) is 13.1. The minimum Gasteiger partial charge on any atom is -0.465 e. The van der Waals surface area contributed by atoms with Gasteiger partial charge in [0.25, 0.3) is 0 Å². The smallest absolute Gasteiger partial charge is 0.339 e. The van der Waals surface area contributed by atoms with Crippen molar-refractivity contribution in [3.05, 3.63) is 29.8 Å². The molecule has 7 heteroatoms. The van der Waals surface area contributed by atoms with Crippen LogP contribution >= 0.6 is 0 Å². The Bertz CT molecular complexity index is 602. The van der Waals surface area contributed by atoms with Crippen LogP contribution in [0.5, 0.6) is 0 Å². The summed E-state index contributed by atoms with van der Waals surface area (Å²) < 4.78 is 9.54. The van der Waals surface area contributed by atoms with Gasteiger partial charge in [-0.1, -0.05) is 12.1 Å². The van der Waals surface area contributed by atoms with Crippen LogP contribution in [0.1, 0.15) is 16.8 Å². The number of nitrogens with one attached hydrogen (secondary N) is 2. The average molecular weight is 320 g/mol. The van der Waals surface area contributed by atoms with Gasteiger partial charge in [0.1, 0.15) is 0 Å². The molecule has 1 aromatic carbocycles. The predicted octanol–water partition coefficient (Wildman–Crippen LogP) is 0.810. The maximum Gasteiger partial charge on any atom is 0.339 e. The van der Waals surface area contributed by atoms with E-state index in [2.05, 4.69) is 15.4 Å². The van der Waals surface area contributed by atoms with E-state index in [9.17, 15) is 14.4 Å². The molecule has 0 bridgehead atoms. The molecule has 0 saturated heterocycles. The van der Waals surface area contributed by atoms with Crippen LogP contribution in [-0.4, -0.2) is 45.2 Å². The van der Waals surface area contributed by atoms with Gasteiger partial charge in [-0.05, 0) is 18.6 Å². The Morgan fingerprint density at radius 1 is 1.13 bits per heavy atom. The second-order valence-corrected chi connectivity index (χ2v) is 5.26. The van der Waals surface area contributed by atoms with Crippen LogP contribution in [0.15, 0.2) is 24.3 Å². The highest BCUT2D eigenvalue weighted by Gasteiger charge is 2.48. The van der Waals surface area contributed by atoms with E-state index in [1.165, 1.54) is 7.11 Å². The van der Waals surface area contributed by atoms with Crippen LogP contribution in [0.2, 0.25) is 0 Å². The van der Waals surface area contributed by atoms with Gasteiger partial charge in [0, 0.05) is 13.7 Å². The van der Waals surface area contributed by atoms with E-state index in [4.69, 9.17) is 4.74 Å². The minimum atomic E-state index is -0.523. The highest BCUT2D eigenvalue weighted by Crippen LogP contribution is 2.39. The van der Waals surface area contributed by atoms with Crippen LogP contribution in [0, 0.1) is 11.8 Å². The molecule has 1 saturated carbocycles. The van der Waals surface area contributed by atoms with Crippen molar-refractivity contribution in [1.82, 2.24) is 5.32 Å². The number of rotatable bonds is 7. The molecule has 0 spiro atoms. The molecule has 1 aromatic rings. The summed E-state index contributed by atoms with van der Waals surface area (Å²) in [5.41, 5.74) is 0.667.